The van der Waals surface area contributed by atoms with E-state index in [1.165, 1.54) is 0 Å². The van der Waals surface area contributed by atoms with Gasteiger partial charge in [0.05, 0.1) is 12.2 Å². The Morgan fingerprint density at radius 1 is 1.35 bits per heavy atom. The van der Waals surface area contributed by atoms with Gasteiger partial charge in [-0.15, -0.1) is 0 Å². The number of nitrogens with zero attached hydrogens (tertiary/aromatic N) is 1. The van der Waals surface area contributed by atoms with Crippen molar-refractivity contribution in [3.05, 3.63) is 39.7 Å². The van der Waals surface area contributed by atoms with Gasteiger partial charge in [0.25, 0.3) is 0 Å². The molecule has 0 bridgehead atoms. The van der Waals surface area contributed by atoms with Gasteiger partial charge < -0.3 is 15.6 Å². The lowest BCUT2D eigenvalue weighted by atomic mass is 10.2. The molecule has 0 atom stereocenters. The first-order chi connectivity index (χ1) is 8.06. The zero-order valence-corrected chi connectivity index (χ0v) is 11.3. The summed E-state index contributed by atoms with van der Waals surface area (Å²) >= 11 is 3.47. The number of aryl methyl sites for hydroxylation is 2. The predicted molar refractivity (Wildman–Crippen MR) is 71.9 cm³/mol. The molecule has 0 saturated heterocycles. The summed E-state index contributed by atoms with van der Waals surface area (Å²) in [5.74, 6) is 0.809. The summed E-state index contributed by atoms with van der Waals surface area (Å²) in [5.41, 5.74) is 9.51. The highest BCUT2D eigenvalue weighted by atomic mass is 79.9. The third-order valence-corrected chi connectivity index (χ3v) is 3.14. The second kappa shape index (κ2) is 4.79. The summed E-state index contributed by atoms with van der Waals surface area (Å²) in [4.78, 5) is 0. The Morgan fingerprint density at radius 3 is 2.76 bits per heavy atom. The first-order valence-corrected chi connectivity index (χ1v) is 6.07. The van der Waals surface area contributed by atoms with Gasteiger partial charge in [0.1, 0.15) is 0 Å². The van der Waals surface area contributed by atoms with Gasteiger partial charge >= 0.3 is 0 Å². The molecular formula is C12H14BrN3O. The predicted octanol–water partition coefficient (Wildman–Crippen LogP) is 3.25. The van der Waals surface area contributed by atoms with Gasteiger partial charge in [0.15, 0.2) is 5.76 Å². The summed E-state index contributed by atoms with van der Waals surface area (Å²) in [6.07, 6.45) is 0. The highest BCUT2D eigenvalue weighted by molar-refractivity contribution is 9.10. The molecule has 0 radical (unpaired) electrons. The minimum Gasteiger partial charge on any atom is -0.398 e. The van der Waals surface area contributed by atoms with Crippen LogP contribution < -0.4 is 11.1 Å². The second-order valence-electron chi connectivity index (χ2n) is 3.98. The molecule has 0 aliphatic heterocycles. The quantitative estimate of drug-likeness (QED) is 0.853. The molecule has 5 heteroatoms. The summed E-state index contributed by atoms with van der Waals surface area (Å²) < 4.78 is 6.07. The Labute approximate surface area is 108 Å². The molecule has 0 aliphatic rings. The van der Waals surface area contributed by atoms with Crippen molar-refractivity contribution in [2.75, 3.05) is 11.1 Å². The summed E-state index contributed by atoms with van der Waals surface area (Å²) in [6, 6.07) is 5.80. The van der Waals surface area contributed by atoms with Crippen molar-refractivity contribution in [3.8, 4) is 0 Å². The van der Waals surface area contributed by atoms with Crippen LogP contribution in [-0.4, -0.2) is 5.16 Å². The number of nitrogens with two attached hydrogens (primary N) is 1. The lowest BCUT2D eigenvalue weighted by Crippen LogP contribution is -2.00. The smallest absolute Gasteiger partial charge is 0.156 e. The third kappa shape index (κ3) is 2.79. The minimum absolute atomic E-state index is 0.600. The van der Waals surface area contributed by atoms with E-state index in [1.807, 2.05) is 32.0 Å². The highest BCUT2D eigenvalue weighted by Crippen LogP contribution is 2.28. The van der Waals surface area contributed by atoms with Crippen LogP contribution in [0.1, 0.15) is 17.0 Å². The summed E-state index contributed by atoms with van der Waals surface area (Å²) in [5, 5.41) is 7.11. The Balaban J connectivity index is 2.11. The lowest BCUT2D eigenvalue weighted by molar-refractivity contribution is 0.384. The van der Waals surface area contributed by atoms with Crippen molar-refractivity contribution < 1.29 is 4.52 Å². The molecule has 0 unspecified atom stereocenters. The number of hydrogen-bond donors (Lipinski definition) is 2. The zero-order valence-electron chi connectivity index (χ0n) is 9.75. The molecule has 0 fully saturated rings. The number of aromatic nitrogens is 1. The van der Waals surface area contributed by atoms with Crippen molar-refractivity contribution >= 4 is 27.3 Å². The molecule has 0 saturated carbocycles. The van der Waals surface area contributed by atoms with E-state index < -0.39 is 0 Å². The van der Waals surface area contributed by atoms with Crippen molar-refractivity contribution in [3.63, 3.8) is 0 Å². The third-order valence-electron chi connectivity index (χ3n) is 2.49. The second-order valence-corrected chi connectivity index (χ2v) is 4.83. The van der Waals surface area contributed by atoms with Gasteiger partial charge in [-0.05, 0) is 47.5 Å². The monoisotopic (exact) mass is 295 g/mol. The fourth-order valence-electron chi connectivity index (χ4n) is 1.51. The van der Waals surface area contributed by atoms with Crippen molar-refractivity contribution in [2.24, 2.45) is 0 Å². The van der Waals surface area contributed by atoms with Gasteiger partial charge in [0.2, 0.25) is 0 Å². The average Bonchev–Trinajstić information content (AvgIpc) is 2.68. The van der Waals surface area contributed by atoms with Gasteiger partial charge in [-0.25, -0.2) is 0 Å². The normalized spacial score (nSPS) is 10.5. The van der Waals surface area contributed by atoms with Crippen LogP contribution in [-0.2, 0) is 6.54 Å². The van der Waals surface area contributed by atoms with Crippen LogP contribution in [0.4, 0.5) is 11.4 Å². The number of benzene rings is 1. The van der Waals surface area contributed by atoms with E-state index in [9.17, 15) is 0 Å². The molecule has 2 aromatic rings. The van der Waals surface area contributed by atoms with E-state index in [0.29, 0.717) is 6.54 Å². The summed E-state index contributed by atoms with van der Waals surface area (Å²) in [7, 11) is 0. The maximum absolute atomic E-state index is 5.81. The van der Waals surface area contributed by atoms with E-state index in [2.05, 4.69) is 26.4 Å². The van der Waals surface area contributed by atoms with Crippen LogP contribution in [0.25, 0.3) is 0 Å². The van der Waals surface area contributed by atoms with Crippen LogP contribution >= 0.6 is 15.9 Å². The molecule has 90 valence electrons. The van der Waals surface area contributed by atoms with Crippen molar-refractivity contribution in [1.82, 2.24) is 5.16 Å². The van der Waals surface area contributed by atoms with E-state index in [-0.39, 0.29) is 0 Å². The van der Waals surface area contributed by atoms with E-state index >= 15 is 0 Å². The molecule has 0 amide bonds. The van der Waals surface area contributed by atoms with E-state index in [0.717, 1.165) is 32.9 Å². The SMILES string of the molecule is Cc1cc(CNc2cc(C)c(N)cc2Br)on1. The van der Waals surface area contributed by atoms with Crippen LogP contribution in [0.2, 0.25) is 0 Å². The van der Waals surface area contributed by atoms with Crippen molar-refractivity contribution in [2.45, 2.75) is 20.4 Å². The molecule has 1 aromatic heterocycles. The first-order valence-electron chi connectivity index (χ1n) is 5.28. The molecule has 4 nitrogen and oxygen atoms in total. The number of anilines is 2. The average molecular weight is 296 g/mol. The minimum atomic E-state index is 0.600. The Bertz CT molecular complexity index is 537. The van der Waals surface area contributed by atoms with E-state index in [4.69, 9.17) is 10.3 Å². The molecule has 17 heavy (non-hydrogen) atoms. The largest absolute Gasteiger partial charge is 0.398 e. The highest BCUT2D eigenvalue weighted by Gasteiger charge is 2.05. The molecule has 1 aromatic carbocycles. The maximum atomic E-state index is 5.81. The summed E-state index contributed by atoms with van der Waals surface area (Å²) in [6.45, 7) is 4.48. The van der Waals surface area contributed by atoms with Gasteiger partial charge in [0, 0.05) is 21.9 Å². The standard InChI is InChI=1S/C12H14BrN3O/c1-7-3-12(10(13)5-11(7)14)15-6-9-4-8(2)16-17-9/h3-5,15H,6,14H2,1-2H3. The van der Waals surface area contributed by atoms with Gasteiger partial charge in [-0.1, -0.05) is 5.16 Å². The van der Waals surface area contributed by atoms with Crippen LogP contribution in [0.15, 0.2) is 27.2 Å². The topological polar surface area (TPSA) is 64.1 Å². The molecule has 0 aliphatic carbocycles. The molecule has 0 spiro atoms. The first kappa shape index (κ1) is 12.0. The lowest BCUT2D eigenvalue weighted by Gasteiger charge is -2.09. The number of halogens is 1. The maximum Gasteiger partial charge on any atom is 0.156 e. The van der Waals surface area contributed by atoms with Crippen molar-refractivity contribution in [1.29, 1.82) is 0 Å². The fourth-order valence-corrected chi connectivity index (χ4v) is 2.02. The molecule has 3 N–H and O–H groups in total. The molecule has 2 rings (SSSR count). The molecule has 1 heterocycles. The Hall–Kier alpha value is -1.49. The number of nitrogens with one attached hydrogen (secondary N) is 1. The van der Waals surface area contributed by atoms with Crippen LogP contribution in [0.3, 0.4) is 0 Å². The van der Waals surface area contributed by atoms with Gasteiger partial charge in [-0.3, -0.25) is 0 Å². The van der Waals surface area contributed by atoms with Crippen LogP contribution in [0.5, 0.6) is 0 Å². The Morgan fingerprint density at radius 2 is 2.12 bits per heavy atom. The number of rotatable bonds is 3. The van der Waals surface area contributed by atoms with Crippen LogP contribution in [0, 0.1) is 13.8 Å². The zero-order chi connectivity index (χ0) is 12.4. The molecular weight excluding hydrogens is 282 g/mol. The van der Waals surface area contributed by atoms with E-state index in [1.54, 1.807) is 0 Å². The van der Waals surface area contributed by atoms with Gasteiger partial charge in [-0.2, -0.15) is 0 Å². The number of nitrogen functional groups attached to an aromatic ring is 1. The number of hydrogen-bond acceptors (Lipinski definition) is 4. The Kier molecular flexibility index (Phi) is 3.38. The fraction of sp³-hybridized carbons (Fsp3) is 0.250.